The van der Waals surface area contributed by atoms with Gasteiger partial charge in [0.2, 0.25) is 0 Å². The maximum absolute atomic E-state index is 7.95. The molecule has 2 N–H and O–H groups in total. The minimum absolute atomic E-state index is 0. The molecule has 0 aromatic heterocycles. The molecule has 0 atom stereocenters. The summed E-state index contributed by atoms with van der Waals surface area (Å²) in [5, 5.41) is 0. The molecule has 0 aliphatic heterocycles. The van der Waals surface area contributed by atoms with E-state index < -0.39 is 37.8 Å². The standard InChI is InChI=1S/4C9H11.ClH.H2O.O.2Sn/c4*1-8(2)9-6-4-3-5-7-9;;;;;/h4*4-8H,1-2H3;1H;1H2;;;/q;;;;;;;;+1/p-1. The summed E-state index contributed by atoms with van der Waals surface area (Å²) < 4.78 is 12.6. The van der Waals surface area contributed by atoms with Gasteiger partial charge in [-0.2, -0.15) is 0 Å². The van der Waals surface area contributed by atoms with E-state index in [9.17, 15) is 0 Å². The van der Waals surface area contributed by atoms with Crippen molar-refractivity contribution in [1.82, 2.24) is 0 Å². The van der Waals surface area contributed by atoms with Crippen molar-refractivity contribution in [2.75, 3.05) is 0 Å². The molecule has 0 heterocycles. The van der Waals surface area contributed by atoms with E-state index in [0.29, 0.717) is 23.7 Å². The number of rotatable bonds is 10. The summed E-state index contributed by atoms with van der Waals surface area (Å²) in [6.07, 6.45) is 0. The van der Waals surface area contributed by atoms with Crippen molar-refractivity contribution < 1.29 is 6.89 Å². The fourth-order valence-electron chi connectivity index (χ4n) is 4.91. The van der Waals surface area contributed by atoms with Gasteiger partial charge in [-0.25, -0.2) is 0 Å². The normalized spacial score (nSPS) is 12.0. The minimum Gasteiger partial charge on any atom is -0.412 e. The van der Waals surface area contributed by atoms with Gasteiger partial charge in [-0.05, 0) is 0 Å². The van der Waals surface area contributed by atoms with Gasteiger partial charge in [0.15, 0.2) is 0 Å². The SMILES string of the molecule is CC(C)c1cc[c]([Sn]([O][Sn]([Cl])([c]2ccc(C(C)C)cc2)[c]2ccc(C(C)C)cc2)[c]2ccc(C(C)C)cc2)cc1.O. The Kier molecular flexibility index (Phi) is 12.4. The molecular weight excluding hydrogens is 737 g/mol. The fraction of sp³-hybridized carbons (Fsp3) is 0.333. The Labute approximate surface area is 264 Å². The Morgan fingerprint density at radius 3 is 0.951 bits per heavy atom. The van der Waals surface area contributed by atoms with E-state index in [1.54, 1.807) is 0 Å². The molecule has 4 aromatic rings. The van der Waals surface area contributed by atoms with Crippen molar-refractivity contribution in [3.05, 3.63) is 119 Å². The molecule has 0 spiro atoms. The molecule has 0 amide bonds. The van der Waals surface area contributed by atoms with Gasteiger partial charge in [0.25, 0.3) is 0 Å². The number of hydrogen-bond donors (Lipinski definition) is 0. The molecule has 1 radical (unpaired) electrons. The molecule has 41 heavy (non-hydrogen) atoms. The quantitative estimate of drug-likeness (QED) is 0.160. The maximum Gasteiger partial charge on any atom is -0.412 e. The monoisotopic (exact) mass is 785 g/mol. The first kappa shape index (κ1) is 34.2. The molecule has 2 nitrogen and oxygen atoms in total. The van der Waals surface area contributed by atoms with Crippen molar-refractivity contribution in [3.8, 4) is 0 Å². The molecule has 0 bridgehead atoms. The van der Waals surface area contributed by atoms with Crippen LogP contribution >= 0.6 is 8.92 Å². The summed E-state index contributed by atoms with van der Waals surface area (Å²) in [5.74, 6) is 1.95. The average molecular weight is 784 g/mol. The first-order valence-corrected chi connectivity index (χ1v) is 26.3. The van der Waals surface area contributed by atoms with Gasteiger partial charge in [0, 0.05) is 0 Å². The van der Waals surface area contributed by atoms with E-state index in [2.05, 4.69) is 152 Å². The smallest absolute Gasteiger partial charge is 0.412 e. The summed E-state index contributed by atoms with van der Waals surface area (Å²) in [6, 6.07) is 36.4. The van der Waals surface area contributed by atoms with E-state index in [1.807, 2.05) is 0 Å². The summed E-state index contributed by atoms with van der Waals surface area (Å²) in [7, 11) is 7.95. The molecule has 0 unspecified atom stereocenters. The zero-order chi connectivity index (χ0) is 29.0. The minimum atomic E-state index is -4.06. The Morgan fingerprint density at radius 2 is 0.707 bits per heavy atom. The third kappa shape index (κ3) is 8.20. The van der Waals surface area contributed by atoms with Crippen LogP contribution in [0.2, 0.25) is 0 Å². The molecular formula is C36H46ClO2Sn2. The summed E-state index contributed by atoms with van der Waals surface area (Å²) in [5.41, 5.74) is 5.37. The van der Waals surface area contributed by atoms with Crippen LogP contribution in [-0.4, -0.2) is 43.3 Å². The van der Waals surface area contributed by atoms with E-state index in [1.165, 1.54) is 36.6 Å². The number of hydrogen-bond acceptors (Lipinski definition) is 1. The fourth-order valence-corrected chi connectivity index (χ4v) is 34.6. The van der Waals surface area contributed by atoms with Crippen molar-refractivity contribution in [1.29, 1.82) is 0 Å². The average Bonchev–Trinajstić information content (AvgIpc) is 2.96. The van der Waals surface area contributed by atoms with Gasteiger partial charge < -0.3 is 5.48 Å². The molecule has 0 fully saturated rings. The summed E-state index contributed by atoms with van der Waals surface area (Å²) in [4.78, 5) is 0. The van der Waals surface area contributed by atoms with Gasteiger partial charge in [0.05, 0.1) is 0 Å². The van der Waals surface area contributed by atoms with Crippen LogP contribution in [0, 0.1) is 0 Å². The second-order valence-electron chi connectivity index (χ2n) is 12.1. The molecule has 217 valence electrons. The largest absolute Gasteiger partial charge is 0.412 e. The Morgan fingerprint density at radius 1 is 0.463 bits per heavy atom. The Hall–Kier alpha value is -1.31. The summed E-state index contributed by atoms with van der Waals surface area (Å²) >= 11 is -6.96. The van der Waals surface area contributed by atoms with E-state index >= 15 is 0 Å². The predicted molar refractivity (Wildman–Crippen MR) is 183 cm³/mol. The van der Waals surface area contributed by atoms with Crippen molar-refractivity contribution in [3.63, 3.8) is 0 Å². The van der Waals surface area contributed by atoms with Crippen LogP contribution in [-0.2, 0) is 1.41 Å². The topological polar surface area (TPSA) is 40.7 Å². The van der Waals surface area contributed by atoms with Gasteiger partial charge in [-0.1, -0.05) is 0 Å². The second kappa shape index (κ2) is 14.9. The van der Waals surface area contributed by atoms with E-state index in [-0.39, 0.29) is 5.48 Å². The van der Waals surface area contributed by atoms with Crippen molar-refractivity contribution >= 4 is 61.1 Å². The van der Waals surface area contributed by atoms with Gasteiger partial charge in [-0.3, -0.25) is 0 Å². The van der Waals surface area contributed by atoms with Gasteiger partial charge >= 0.3 is 261 Å². The molecule has 4 aromatic carbocycles. The molecule has 5 heteroatoms. The number of benzene rings is 4. The van der Waals surface area contributed by atoms with Gasteiger partial charge in [0.1, 0.15) is 0 Å². The molecule has 0 aliphatic carbocycles. The molecule has 4 rings (SSSR count). The van der Waals surface area contributed by atoms with Crippen LogP contribution in [0.3, 0.4) is 0 Å². The van der Waals surface area contributed by atoms with Crippen LogP contribution in [0.1, 0.15) is 101 Å². The first-order valence-electron chi connectivity index (χ1n) is 14.7. The first-order chi connectivity index (χ1) is 19.0. The van der Waals surface area contributed by atoms with Gasteiger partial charge in [-0.15, -0.1) is 0 Å². The second-order valence-corrected chi connectivity index (χ2v) is 32.1. The Bertz CT molecular complexity index is 1260. The van der Waals surface area contributed by atoms with Crippen molar-refractivity contribution in [2.24, 2.45) is 0 Å². The molecule has 0 saturated heterocycles. The summed E-state index contributed by atoms with van der Waals surface area (Å²) in [6.45, 7) is 17.9. The van der Waals surface area contributed by atoms with Crippen LogP contribution in [0.15, 0.2) is 97.1 Å². The third-order valence-corrected chi connectivity index (χ3v) is 35.9. The van der Waals surface area contributed by atoms with Crippen LogP contribution in [0.5, 0.6) is 0 Å². The Balaban J connectivity index is 0.00000462. The maximum atomic E-state index is 7.95. The van der Waals surface area contributed by atoms with Crippen LogP contribution in [0.25, 0.3) is 0 Å². The number of halogens is 1. The predicted octanol–water partition coefficient (Wildman–Crippen LogP) is 6.97. The third-order valence-electron chi connectivity index (χ3n) is 7.82. The zero-order valence-electron chi connectivity index (χ0n) is 25.8. The van der Waals surface area contributed by atoms with Crippen LogP contribution < -0.4 is 14.3 Å². The van der Waals surface area contributed by atoms with Crippen LogP contribution in [0.4, 0.5) is 0 Å². The molecule has 0 saturated carbocycles. The molecule has 0 aliphatic rings. The van der Waals surface area contributed by atoms with E-state index in [4.69, 9.17) is 10.3 Å². The van der Waals surface area contributed by atoms with Crippen molar-refractivity contribution in [2.45, 2.75) is 79.1 Å². The van der Waals surface area contributed by atoms with E-state index in [0.717, 1.165) is 0 Å². The zero-order valence-corrected chi connectivity index (χ0v) is 32.3.